The summed E-state index contributed by atoms with van der Waals surface area (Å²) in [6, 6.07) is 13.8. The van der Waals surface area contributed by atoms with E-state index >= 15 is 0 Å². The number of hydrogen-bond donors (Lipinski definition) is 1. The van der Waals surface area contributed by atoms with Crippen LogP contribution < -0.4 is 5.32 Å². The van der Waals surface area contributed by atoms with Gasteiger partial charge in [-0.3, -0.25) is 9.59 Å². The number of hydrogen-bond acceptors (Lipinski definition) is 4. The number of nitrogens with zero attached hydrogens (tertiary/aromatic N) is 2. The molecule has 1 aliphatic carbocycles. The third kappa shape index (κ3) is 7.17. The SMILES string of the molecule is CC[C@@H](C(=O)NC1CCCCC1)N(Cc1cccc(C)c1)C(=O)CN(C)S(=O)(=O)c1ccc(C)cc1. The highest BCUT2D eigenvalue weighted by Crippen LogP contribution is 2.20. The van der Waals surface area contributed by atoms with Gasteiger partial charge in [-0.15, -0.1) is 0 Å². The first kappa shape index (κ1) is 27.9. The Bertz CT molecular complexity index is 1140. The van der Waals surface area contributed by atoms with Gasteiger partial charge in [0.05, 0.1) is 11.4 Å². The largest absolute Gasteiger partial charge is 0.352 e. The van der Waals surface area contributed by atoms with Crippen molar-refractivity contribution in [2.75, 3.05) is 13.6 Å². The van der Waals surface area contributed by atoms with E-state index in [1.165, 1.54) is 18.4 Å². The van der Waals surface area contributed by atoms with E-state index in [0.29, 0.717) is 6.42 Å². The highest BCUT2D eigenvalue weighted by molar-refractivity contribution is 7.89. The zero-order chi connectivity index (χ0) is 26.3. The smallest absolute Gasteiger partial charge is 0.243 e. The van der Waals surface area contributed by atoms with Gasteiger partial charge in [0.25, 0.3) is 0 Å². The monoisotopic (exact) mass is 513 g/mol. The average molecular weight is 514 g/mol. The number of carbonyl (C=O) groups excluding carboxylic acids is 2. The molecule has 0 saturated heterocycles. The number of rotatable bonds is 10. The summed E-state index contributed by atoms with van der Waals surface area (Å²) in [5, 5.41) is 3.15. The molecular formula is C28H39N3O4S. The van der Waals surface area contributed by atoms with E-state index in [1.54, 1.807) is 24.3 Å². The summed E-state index contributed by atoms with van der Waals surface area (Å²) in [5.74, 6) is -0.574. The fourth-order valence-electron chi connectivity index (χ4n) is 4.73. The fourth-order valence-corrected chi connectivity index (χ4v) is 5.85. The van der Waals surface area contributed by atoms with Crippen LogP contribution in [0.5, 0.6) is 0 Å². The van der Waals surface area contributed by atoms with Crippen LogP contribution in [-0.4, -0.2) is 55.1 Å². The molecule has 1 aliphatic rings. The van der Waals surface area contributed by atoms with Crippen molar-refractivity contribution in [3.05, 3.63) is 65.2 Å². The molecule has 1 fully saturated rings. The second kappa shape index (κ2) is 12.5. The van der Waals surface area contributed by atoms with Crippen LogP contribution in [-0.2, 0) is 26.2 Å². The topological polar surface area (TPSA) is 86.8 Å². The first-order chi connectivity index (χ1) is 17.1. The van der Waals surface area contributed by atoms with Gasteiger partial charge in [-0.2, -0.15) is 4.31 Å². The lowest BCUT2D eigenvalue weighted by Gasteiger charge is -2.33. The van der Waals surface area contributed by atoms with E-state index in [1.807, 2.05) is 45.0 Å². The van der Waals surface area contributed by atoms with Gasteiger partial charge >= 0.3 is 0 Å². The molecule has 0 aromatic heterocycles. The zero-order valence-electron chi connectivity index (χ0n) is 21.9. The average Bonchev–Trinajstić information content (AvgIpc) is 2.84. The van der Waals surface area contributed by atoms with Gasteiger partial charge in [-0.05, 0) is 50.8 Å². The van der Waals surface area contributed by atoms with Crippen LogP contribution in [0, 0.1) is 13.8 Å². The first-order valence-corrected chi connectivity index (χ1v) is 14.2. The minimum absolute atomic E-state index is 0.126. The summed E-state index contributed by atoms with van der Waals surface area (Å²) in [4.78, 5) is 28.6. The van der Waals surface area contributed by atoms with E-state index in [-0.39, 0.29) is 29.9 Å². The Labute approximate surface area is 215 Å². The molecule has 1 saturated carbocycles. The lowest BCUT2D eigenvalue weighted by molar-refractivity contribution is -0.141. The molecule has 36 heavy (non-hydrogen) atoms. The molecule has 0 spiro atoms. The van der Waals surface area contributed by atoms with Gasteiger partial charge in [0.15, 0.2) is 0 Å². The third-order valence-electron chi connectivity index (χ3n) is 6.86. The Balaban J connectivity index is 1.83. The molecule has 3 rings (SSSR count). The highest BCUT2D eigenvalue weighted by atomic mass is 32.2. The lowest BCUT2D eigenvalue weighted by Crippen LogP contribution is -2.53. The van der Waals surface area contributed by atoms with Crippen molar-refractivity contribution in [3.8, 4) is 0 Å². The van der Waals surface area contributed by atoms with Gasteiger partial charge in [-0.1, -0.05) is 73.7 Å². The van der Waals surface area contributed by atoms with Crippen molar-refractivity contribution in [2.24, 2.45) is 0 Å². The Morgan fingerprint density at radius 1 is 1.00 bits per heavy atom. The number of benzene rings is 2. The molecule has 1 atom stereocenters. The molecule has 196 valence electrons. The standard InChI is InChI=1S/C28H39N3O4S/c1-5-26(28(33)29-24-12-7-6-8-13-24)31(19-23-11-9-10-22(3)18-23)27(32)20-30(4)36(34,35)25-16-14-21(2)15-17-25/h9-11,14-18,24,26H,5-8,12-13,19-20H2,1-4H3,(H,29,33)/t26-/m0/s1. The van der Waals surface area contributed by atoms with Crippen LogP contribution in [0.2, 0.25) is 0 Å². The summed E-state index contributed by atoms with van der Waals surface area (Å²) in [6.45, 7) is 5.62. The van der Waals surface area contributed by atoms with E-state index in [2.05, 4.69) is 5.32 Å². The van der Waals surface area contributed by atoms with Crippen molar-refractivity contribution >= 4 is 21.8 Å². The number of sulfonamides is 1. The van der Waals surface area contributed by atoms with E-state index in [0.717, 1.165) is 46.7 Å². The minimum Gasteiger partial charge on any atom is -0.352 e. The second-order valence-corrected chi connectivity index (χ2v) is 11.9. The number of carbonyl (C=O) groups is 2. The second-order valence-electron chi connectivity index (χ2n) is 9.85. The van der Waals surface area contributed by atoms with Crippen LogP contribution in [0.15, 0.2) is 53.4 Å². The van der Waals surface area contributed by atoms with Gasteiger partial charge in [0.2, 0.25) is 21.8 Å². The maximum Gasteiger partial charge on any atom is 0.243 e. The number of likely N-dealkylation sites (N-methyl/N-ethyl adjacent to an activating group) is 1. The van der Waals surface area contributed by atoms with Crippen LogP contribution in [0.25, 0.3) is 0 Å². The summed E-state index contributed by atoms with van der Waals surface area (Å²) in [7, 11) is -2.45. The molecule has 2 amide bonds. The van der Waals surface area contributed by atoms with Crippen LogP contribution in [0.3, 0.4) is 0 Å². The predicted molar refractivity (Wildman–Crippen MR) is 142 cm³/mol. The van der Waals surface area contributed by atoms with Crippen molar-refractivity contribution < 1.29 is 18.0 Å². The number of aryl methyl sites for hydroxylation is 2. The third-order valence-corrected chi connectivity index (χ3v) is 8.68. The molecular weight excluding hydrogens is 474 g/mol. The number of amides is 2. The Morgan fingerprint density at radius 2 is 1.67 bits per heavy atom. The molecule has 8 heteroatoms. The van der Waals surface area contributed by atoms with Crippen LogP contribution in [0.4, 0.5) is 0 Å². The van der Waals surface area contributed by atoms with Crippen LogP contribution >= 0.6 is 0 Å². The van der Waals surface area contributed by atoms with Crippen molar-refractivity contribution in [3.63, 3.8) is 0 Å². The van der Waals surface area contributed by atoms with Gasteiger partial charge in [-0.25, -0.2) is 8.42 Å². The molecule has 7 nitrogen and oxygen atoms in total. The first-order valence-electron chi connectivity index (χ1n) is 12.8. The summed E-state index contributed by atoms with van der Waals surface area (Å²) < 4.78 is 27.3. The quantitative estimate of drug-likeness (QED) is 0.516. The summed E-state index contributed by atoms with van der Waals surface area (Å²) in [5.41, 5.74) is 2.90. The summed E-state index contributed by atoms with van der Waals surface area (Å²) >= 11 is 0. The predicted octanol–water partition coefficient (Wildman–Crippen LogP) is 4.18. The minimum atomic E-state index is -3.85. The number of nitrogens with one attached hydrogen (secondary N) is 1. The Morgan fingerprint density at radius 3 is 2.28 bits per heavy atom. The molecule has 0 heterocycles. The van der Waals surface area contributed by atoms with E-state index in [4.69, 9.17) is 0 Å². The van der Waals surface area contributed by atoms with E-state index in [9.17, 15) is 18.0 Å². The van der Waals surface area contributed by atoms with E-state index < -0.39 is 22.0 Å². The van der Waals surface area contributed by atoms with Gasteiger partial charge < -0.3 is 10.2 Å². The highest BCUT2D eigenvalue weighted by Gasteiger charge is 2.32. The maximum absolute atomic E-state index is 13.6. The molecule has 0 radical (unpaired) electrons. The normalized spacial score (nSPS) is 15.5. The molecule has 0 aliphatic heterocycles. The van der Waals surface area contributed by atoms with Gasteiger partial charge in [0, 0.05) is 19.6 Å². The maximum atomic E-state index is 13.6. The Kier molecular flexibility index (Phi) is 9.68. The molecule has 0 unspecified atom stereocenters. The van der Waals surface area contributed by atoms with Crippen molar-refractivity contribution in [1.82, 2.24) is 14.5 Å². The molecule has 2 aromatic carbocycles. The molecule has 0 bridgehead atoms. The Hall–Kier alpha value is -2.71. The van der Waals surface area contributed by atoms with Crippen molar-refractivity contribution in [2.45, 2.75) is 82.8 Å². The summed E-state index contributed by atoms with van der Waals surface area (Å²) in [6.07, 6.45) is 5.70. The van der Waals surface area contributed by atoms with Crippen LogP contribution in [0.1, 0.15) is 62.1 Å². The van der Waals surface area contributed by atoms with Crippen molar-refractivity contribution in [1.29, 1.82) is 0 Å². The molecule has 1 N–H and O–H groups in total. The fraction of sp³-hybridized carbons (Fsp3) is 0.500. The van der Waals surface area contributed by atoms with Gasteiger partial charge in [0.1, 0.15) is 6.04 Å². The zero-order valence-corrected chi connectivity index (χ0v) is 22.7. The lowest BCUT2D eigenvalue weighted by atomic mass is 9.95. The molecule has 2 aromatic rings.